The van der Waals surface area contributed by atoms with Crippen molar-refractivity contribution in [1.29, 1.82) is 0 Å². The van der Waals surface area contributed by atoms with Gasteiger partial charge in [-0.15, -0.1) is 0 Å². The van der Waals surface area contributed by atoms with Crippen LogP contribution in [0.4, 0.5) is 0 Å². The Morgan fingerprint density at radius 1 is 0.880 bits per heavy atom. The average molecular weight is 394 g/mol. The van der Waals surface area contributed by atoms with Crippen LogP contribution in [0.1, 0.15) is 40.5 Å². The van der Waals surface area contributed by atoms with Crippen molar-refractivity contribution in [1.82, 2.24) is 4.90 Å². The quantitative estimate of drug-likeness (QED) is 0.397. The highest BCUT2D eigenvalue weighted by Gasteiger charge is 2.37. The molecule has 150 valence electrons. The van der Waals surface area contributed by atoms with E-state index in [9.17, 15) is 4.79 Å². The second-order valence-electron chi connectivity index (χ2n) is 6.30. The largest absolute Gasteiger partial charge is 0.519 e. The van der Waals surface area contributed by atoms with E-state index in [1.165, 1.54) is 0 Å². The SMILES string of the molecule is CCN(CCC[Si](OC)(OC)OC)CCC(=O)O[Si](CC)(CC)CC. The monoisotopic (exact) mass is 393 g/mol. The van der Waals surface area contributed by atoms with Crippen molar-refractivity contribution in [3.63, 3.8) is 0 Å². The third-order valence-electron chi connectivity index (χ3n) is 5.23. The standard InChI is InChI=1S/C17H39NO5Si2/c1-8-18(14-12-16-25(20-5,21-6)22-7)15-13-17(19)23-24(9-2,10-3)11-4/h8-16H2,1-7H3. The van der Waals surface area contributed by atoms with E-state index in [-0.39, 0.29) is 5.97 Å². The minimum atomic E-state index is -2.50. The van der Waals surface area contributed by atoms with Crippen molar-refractivity contribution < 1.29 is 22.5 Å². The Bertz CT molecular complexity index is 346. The molecule has 0 aliphatic carbocycles. The molecule has 0 fully saturated rings. The Morgan fingerprint density at radius 2 is 1.40 bits per heavy atom. The summed E-state index contributed by atoms with van der Waals surface area (Å²) in [4.78, 5) is 14.5. The van der Waals surface area contributed by atoms with Gasteiger partial charge in [0.15, 0.2) is 0 Å². The maximum Gasteiger partial charge on any atom is 0.500 e. The summed E-state index contributed by atoms with van der Waals surface area (Å²) in [6, 6.07) is 3.78. The topological polar surface area (TPSA) is 57.2 Å². The molecule has 0 aromatic carbocycles. The van der Waals surface area contributed by atoms with Crippen LogP contribution in [0, 0.1) is 0 Å². The molecule has 0 radical (unpaired) electrons. The van der Waals surface area contributed by atoms with Crippen LogP contribution in [0.2, 0.25) is 24.2 Å². The second kappa shape index (κ2) is 13.0. The molecule has 0 spiro atoms. The Hall–Kier alpha value is -0.256. The third kappa shape index (κ3) is 8.31. The Labute approximate surface area is 156 Å². The number of nitrogens with zero attached hydrogens (tertiary/aromatic N) is 1. The molecular formula is C17H39NO5Si2. The predicted octanol–water partition coefficient (Wildman–Crippen LogP) is 3.52. The summed E-state index contributed by atoms with van der Waals surface area (Å²) in [5, 5.41) is 0. The fourth-order valence-electron chi connectivity index (χ4n) is 3.01. The van der Waals surface area contributed by atoms with Crippen LogP contribution in [0.15, 0.2) is 0 Å². The summed E-state index contributed by atoms with van der Waals surface area (Å²) in [6.45, 7) is 11.1. The van der Waals surface area contributed by atoms with Crippen LogP contribution >= 0.6 is 0 Å². The van der Waals surface area contributed by atoms with Gasteiger partial charge in [0.05, 0.1) is 6.42 Å². The molecular weight excluding hydrogens is 354 g/mol. The van der Waals surface area contributed by atoms with Gasteiger partial charge in [-0.3, -0.25) is 4.79 Å². The van der Waals surface area contributed by atoms with E-state index in [2.05, 4.69) is 32.6 Å². The van der Waals surface area contributed by atoms with Crippen LogP contribution in [0.25, 0.3) is 0 Å². The van der Waals surface area contributed by atoms with E-state index < -0.39 is 17.1 Å². The van der Waals surface area contributed by atoms with Crippen molar-refractivity contribution in [2.75, 3.05) is 41.0 Å². The maximum absolute atomic E-state index is 12.3. The molecule has 0 atom stereocenters. The average Bonchev–Trinajstić information content (AvgIpc) is 2.66. The Morgan fingerprint density at radius 3 is 1.80 bits per heavy atom. The summed E-state index contributed by atoms with van der Waals surface area (Å²) >= 11 is 0. The van der Waals surface area contributed by atoms with Gasteiger partial charge in [-0.05, 0) is 37.6 Å². The summed E-state index contributed by atoms with van der Waals surface area (Å²) in [7, 11) is 0.570. The van der Waals surface area contributed by atoms with Gasteiger partial charge >= 0.3 is 8.80 Å². The van der Waals surface area contributed by atoms with Crippen molar-refractivity contribution in [3.8, 4) is 0 Å². The molecule has 6 nitrogen and oxygen atoms in total. The first-order valence-electron chi connectivity index (χ1n) is 9.49. The molecule has 0 aliphatic heterocycles. The molecule has 0 heterocycles. The first-order chi connectivity index (χ1) is 11.9. The predicted molar refractivity (Wildman–Crippen MR) is 106 cm³/mol. The van der Waals surface area contributed by atoms with Gasteiger partial charge in [0.1, 0.15) is 0 Å². The van der Waals surface area contributed by atoms with Crippen LogP contribution in [-0.4, -0.2) is 69.0 Å². The lowest BCUT2D eigenvalue weighted by molar-refractivity contribution is -0.135. The summed E-state index contributed by atoms with van der Waals surface area (Å²) in [5.41, 5.74) is 0. The van der Waals surface area contributed by atoms with Gasteiger partial charge in [0.25, 0.3) is 14.3 Å². The molecule has 0 aromatic rings. The van der Waals surface area contributed by atoms with E-state index in [0.29, 0.717) is 6.42 Å². The zero-order chi connectivity index (χ0) is 19.3. The first-order valence-corrected chi connectivity index (χ1v) is 14.0. The smallest absolute Gasteiger partial charge is 0.500 e. The first kappa shape index (κ1) is 24.7. The molecule has 0 bridgehead atoms. The van der Waals surface area contributed by atoms with E-state index >= 15 is 0 Å². The molecule has 0 saturated carbocycles. The number of hydrogen-bond acceptors (Lipinski definition) is 6. The lowest BCUT2D eigenvalue weighted by Crippen LogP contribution is -2.43. The van der Waals surface area contributed by atoms with E-state index in [1.807, 2.05) is 0 Å². The molecule has 25 heavy (non-hydrogen) atoms. The maximum atomic E-state index is 12.3. The van der Waals surface area contributed by atoms with Gasteiger partial charge < -0.3 is 22.6 Å². The van der Waals surface area contributed by atoms with Crippen LogP contribution in [0.3, 0.4) is 0 Å². The van der Waals surface area contributed by atoms with E-state index in [1.54, 1.807) is 21.3 Å². The van der Waals surface area contributed by atoms with E-state index in [0.717, 1.165) is 50.2 Å². The number of carbonyl (C=O) groups is 1. The highest BCUT2D eigenvalue weighted by atomic mass is 28.4. The molecule has 0 aliphatic rings. The minimum Gasteiger partial charge on any atom is -0.519 e. The molecule has 0 unspecified atom stereocenters. The van der Waals surface area contributed by atoms with Crippen molar-refractivity contribution in [2.24, 2.45) is 0 Å². The normalized spacial score (nSPS) is 12.6. The highest BCUT2D eigenvalue weighted by Crippen LogP contribution is 2.22. The Balaban J connectivity index is 4.35. The molecule has 0 amide bonds. The second-order valence-corrected chi connectivity index (χ2v) is 14.1. The van der Waals surface area contributed by atoms with Gasteiger partial charge in [-0.25, -0.2) is 0 Å². The fourth-order valence-corrected chi connectivity index (χ4v) is 7.23. The van der Waals surface area contributed by atoms with Crippen molar-refractivity contribution >= 4 is 23.1 Å². The molecule has 8 heteroatoms. The van der Waals surface area contributed by atoms with Gasteiger partial charge in [-0.1, -0.05) is 27.7 Å². The lowest BCUT2D eigenvalue weighted by atomic mass is 10.3. The zero-order valence-corrected chi connectivity index (χ0v) is 19.4. The van der Waals surface area contributed by atoms with Gasteiger partial charge in [-0.2, -0.15) is 0 Å². The summed E-state index contributed by atoms with van der Waals surface area (Å²) < 4.78 is 22.3. The minimum absolute atomic E-state index is 0.0370. The van der Waals surface area contributed by atoms with Gasteiger partial charge in [0.2, 0.25) is 0 Å². The van der Waals surface area contributed by atoms with Crippen molar-refractivity contribution in [2.45, 2.75) is 64.7 Å². The van der Waals surface area contributed by atoms with Crippen LogP contribution < -0.4 is 0 Å². The molecule has 0 aromatic heterocycles. The third-order valence-corrected chi connectivity index (χ3v) is 12.6. The summed E-state index contributed by atoms with van der Waals surface area (Å²) in [6.07, 6.45) is 1.38. The summed E-state index contributed by atoms with van der Waals surface area (Å²) in [5.74, 6) is -0.0370. The Kier molecular flexibility index (Phi) is 12.9. The van der Waals surface area contributed by atoms with Crippen LogP contribution in [0.5, 0.6) is 0 Å². The number of rotatable bonds is 15. The zero-order valence-electron chi connectivity index (χ0n) is 17.4. The highest BCUT2D eigenvalue weighted by molar-refractivity contribution is 6.74. The van der Waals surface area contributed by atoms with Gasteiger partial charge in [0, 0.05) is 33.9 Å². The lowest BCUT2D eigenvalue weighted by Gasteiger charge is -2.29. The molecule has 0 rings (SSSR count). The molecule has 0 N–H and O–H groups in total. The van der Waals surface area contributed by atoms with Crippen molar-refractivity contribution in [3.05, 3.63) is 0 Å². The number of carbonyl (C=O) groups excluding carboxylic acids is 1. The number of hydrogen-bond donors (Lipinski definition) is 0. The van der Waals surface area contributed by atoms with Crippen LogP contribution in [-0.2, 0) is 22.5 Å². The van der Waals surface area contributed by atoms with E-state index in [4.69, 9.17) is 17.7 Å². The molecule has 0 saturated heterocycles. The fraction of sp³-hybridized carbons (Fsp3) is 0.941.